The summed E-state index contributed by atoms with van der Waals surface area (Å²) in [4.78, 5) is 85.4. The van der Waals surface area contributed by atoms with Gasteiger partial charge in [-0.05, 0) is 92.7 Å². The number of nitrogens with zero attached hydrogens (tertiary/aromatic N) is 3. The largest absolute Gasteiger partial charge is 0.492 e. The molecule has 3 aromatic carbocycles. The summed E-state index contributed by atoms with van der Waals surface area (Å²) in [5.41, 5.74) is 8.61. The van der Waals surface area contributed by atoms with Gasteiger partial charge in [0.15, 0.2) is 6.61 Å². The summed E-state index contributed by atoms with van der Waals surface area (Å²) >= 11 is 0. The molecule has 0 spiro atoms. The second kappa shape index (κ2) is 21.0. The Hall–Kier alpha value is -6.56. The first kappa shape index (κ1) is 47.0. The minimum absolute atomic E-state index is 0.00198. The normalized spacial score (nSPS) is 21.1. The lowest BCUT2D eigenvalue weighted by Crippen LogP contribution is -2.54. The number of aliphatic hydroxyl groups excluding tert-OH is 2. The van der Waals surface area contributed by atoms with Crippen LogP contribution in [0.3, 0.4) is 0 Å². The predicted molar refractivity (Wildman–Crippen MR) is 240 cm³/mol. The minimum atomic E-state index is -1.21. The van der Waals surface area contributed by atoms with Crippen molar-refractivity contribution in [2.45, 2.75) is 94.4 Å². The Balaban J connectivity index is 0.723. The number of benzene rings is 3. The highest BCUT2D eigenvalue weighted by molar-refractivity contribution is 6.62. The van der Waals surface area contributed by atoms with Crippen molar-refractivity contribution in [2.24, 2.45) is 5.73 Å². The zero-order chi connectivity index (χ0) is 47.2. The van der Waals surface area contributed by atoms with Crippen LogP contribution in [0.5, 0.6) is 11.5 Å². The molecule has 3 unspecified atom stereocenters. The SMILES string of the molecule is N[C@@H](CCC(O)NCC1OB(O)c2cc(Nc3ncc4cccc(OC5CCC(O)CC5)c4n3)ccc21)C(=O)NCCCNC(=O)COc1cccc2c1C(=O)N(C1CCC(=O)NC1=O)C2=O. The molecule has 0 bridgehead atoms. The highest BCUT2D eigenvalue weighted by atomic mass is 16.5. The third kappa shape index (κ3) is 11.0. The molecule has 67 heavy (non-hydrogen) atoms. The first-order valence-corrected chi connectivity index (χ1v) is 22.4. The Morgan fingerprint density at radius 3 is 2.55 bits per heavy atom. The highest BCUT2D eigenvalue weighted by Crippen LogP contribution is 2.34. The summed E-state index contributed by atoms with van der Waals surface area (Å²) in [6, 6.07) is 13.4. The van der Waals surface area contributed by atoms with E-state index >= 15 is 0 Å². The van der Waals surface area contributed by atoms with Crippen LogP contribution in [0.25, 0.3) is 10.9 Å². The molecule has 4 aromatic rings. The van der Waals surface area contributed by atoms with Crippen LogP contribution in [-0.4, -0.2) is 129 Å². The van der Waals surface area contributed by atoms with Crippen molar-refractivity contribution in [3.63, 3.8) is 0 Å². The maximum Gasteiger partial charge on any atom is 0.492 e. The number of para-hydroxylation sites is 1. The third-order valence-corrected chi connectivity index (χ3v) is 12.2. The second-order valence-corrected chi connectivity index (χ2v) is 16.9. The van der Waals surface area contributed by atoms with E-state index in [1.165, 1.54) is 18.2 Å². The van der Waals surface area contributed by atoms with Crippen LogP contribution in [0.4, 0.5) is 11.6 Å². The van der Waals surface area contributed by atoms with Gasteiger partial charge in [0, 0.05) is 43.3 Å². The van der Waals surface area contributed by atoms with Gasteiger partial charge >= 0.3 is 7.12 Å². The summed E-state index contributed by atoms with van der Waals surface area (Å²) in [6.45, 7) is 0.0690. The third-order valence-electron chi connectivity index (χ3n) is 12.2. The number of aromatic nitrogens is 2. The number of nitrogens with two attached hydrogens (primary N) is 1. The van der Waals surface area contributed by atoms with Gasteiger partial charge in [0.05, 0.1) is 35.5 Å². The van der Waals surface area contributed by atoms with Crippen molar-refractivity contribution in [3.05, 3.63) is 77.5 Å². The average molecular weight is 922 g/mol. The van der Waals surface area contributed by atoms with Gasteiger partial charge in [-0.15, -0.1) is 0 Å². The Bertz CT molecular complexity index is 2540. The molecule has 21 nitrogen and oxygen atoms in total. The van der Waals surface area contributed by atoms with Crippen LogP contribution in [0.2, 0.25) is 0 Å². The fourth-order valence-electron chi connectivity index (χ4n) is 8.55. The number of rotatable bonds is 19. The maximum atomic E-state index is 13.2. The molecule has 1 aliphatic carbocycles. The number of aliphatic hydroxyl groups is 2. The molecule has 1 saturated carbocycles. The summed E-state index contributed by atoms with van der Waals surface area (Å²) in [5, 5.41) is 45.8. The van der Waals surface area contributed by atoms with Crippen molar-refractivity contribution in [3.8, 4) is 11.5 Å². The number of anilines is 2. The molecule has 0 radical (unpaired) electrons. The lowest BCUT2D eigenvalue weighted by atomic mass is 9.79. The highest BCUT2D eigenvalue weighted by Gasteiger charge is 2.46. The molecule has 352 valence electrons. The number of piperidine rings is 1. The molecule has 1 aromatic heterocycles. The molecule has 22 heteroatoms. The molecule has 3 aliphatic heterocycles. The van der Waals surface area contributed by atoms with E-state index in [0.29, 0.717) is 47.6 Å². The predicted octanol–water partition coefficient (Wildman–Crippen LogP) is -0.0673. The number of hydrogen-bond donors (Lipinski definition) is 9. The second-order valence-electron chi connectivity index (χ2n) is 16.9. The Labute approximate surface area is 384 Å². The van der Waals surface area contributed by atoms with Crippen LogP contribution < -0.4 is 47.3 Å². The van der Waals surface area contributed by atoms with E-state index in [9.17, 15) is 44.0 Å². The van der Waals surface area contributed by atoms with Gasteiger partial charge in [0.1, 0.15) is 29.3 Å². The van der Waals surface area contributed by atoms with Crippen molar-refractivity contribution in [2.75, 3.05) is 31.6 Å². The fraction of sp³-hybridized carbons (Fsp3) is 0.422. The quantitative estimate of drug-likeness (QED) is 0.0257. The van der Waals surface area contributed by atoms with Gasteiger partial charge in [-0.3, -0.25) is 44.3 Å². The number of amides is 6. The molecule has 6 amide bonds. The van der Waals surface area contributed by atoms with E-state index in [2.05, 4.69) is 31.6 Å². The van der Waals surface area contributed by atoms with Gasteiger partial charge in [-0.25, -0.2) is 9.97 Å². The smallest absolute Gasteiger partial charge is 0.488 e. The van der Waals surface area contributed by atoms with E-state index in [1.54, 1.807) is 12.3 Å². The Kier molecular flexibility index (Phi) is 14.7. The summed E-state index contributed by atoms with van der Waals surface area (Å²) in [7, 11) is -1.21. The summed E-state index contributed by atoms with van der Waals surface area (Å²) < 4.78 is 17.7. The molecule has 2 fully saturated rings. The minimum Gasteiger partial charge on any atom is -0.488 e. The van der Waals surface area contributed by atoms with E-state index in [1.807, 2.05) is 30.3 Å². The lowest BCUT2D eigenvalue weighted by molar-refractivity contribution is -0.136. The van der Waals surface area contributed by atoms with E-state index < -0.39 is 73.6 Å². The molecule has 8 rings (SSSR count). The van der Waals surface area contributed by atoms with E-state index in [4.69, 9.17) is 24.8 Å². The zero-order valence-corrected chi connectivity index (χ0v) is 36.4. The van der Waals surface area contributed by atoms with Crippen molar-refractivity contribution in [1.29, 1.82) is 0 Å². The summed E-state index contributed by atoms with van der Waals surface area (Å²) in [6.07, 6.45) is 3.42. The molecular formula is C45H52BN9O12. The van der Waals surface area contributed by atoms with E-state index in [0.717, 1.165) is 28.7 Å². The number of nitrogens with one attached hydrogen (secondary N) is 5. The van der Waals surface area contributed by atoms with Gasteiger partial charge in [-0.2, -0.15) is 0 Å². The number of hydrogen-bond acceptors (Lipinski definition) is 17. The van der Waals surface area contributed by atoms with Crippen LogP contribution in [0, 0.1) is 0 Å². The van der Waals surface area contributed by atoms with Gasteiger partial charge in [-0.1, -0.05) is 24.3 Å². The monoisotopic (exact) mass is 921 g/mol. The molecule has 4 heterocycles. The molecule has 10 N–H and O–H groups in total. The van der Waals surface area contributed by atoms with Crippen molar-refractivity contribution < 1.29 is 58.1 Å². The number of imide groups is 2. The molecule has 1 saturated heterocycles. The Morgan fingerprint density at radius 1 is 0.970 bits per heavy atom. The van der Waals surface area contributed by atoms with E-state index in [-0.39, 0.29) is 74.4 Å². The van der Waals surface area contributed by atoms with Crippen LogP contribution in [-0.2, 0) is 23.8 Å². The molecular weight excluding hydrogens is 869 g/mol. The van der Waals surface area contributed by atoms with Crippen LogP contribution in [0.15, 0.2) is 60.8 Å². The van der Waals surface area contributed by atoms with Gasteiger partial charge in [0.2, 0.25) is 23.7 Å². The molecule has 4 atom stereocenters. The van der Waals surface area contributed by atoms with Crippen LogP contribution >= 0.6 is 0 Å². The zero-order valence-electron chi connectivity index (χ0n) is 36.4. The first-order valence-electron chi connectivity index (χ1n) is 22.4. The van der Waals surface area contributed by atoms with Crippen molar-refractivity contribution >= 4 is 70.6 Å². The number of carbonyl (C=O) groups excluding carboxylic acids is 6. The van der Waals surface area contributed by atoms with Gasteiger partial charge < -0.3 is 51.0 Å². The average Bonchev–Trinajstić information content (AvgIpc) is 3.77. The lowest BCUT2D eigenvalue weighted by Gasteiger charge is -2.27. The summed E-state index contributed by atoms with van der Waals surface area (Å²) in [5.74, 6) is -2.64. The standard InChI is InChI=1S/C45H52BN9O12/c47-31(41(60)49-19-3-18-48-38(59)23-65-33-6-2-5-29-39(33)44(63)55(43(29)62)32-15-17-37(58)53-42(32)61)14-16-36(57)50-22-35-28-13-8-25(20-30(28)46(64)67-35)52-45-51-21-24-4-1-7-34(40(24)54-45)66-27-11-9-26(56)10-12-27/h1-2,4-8,13,20-21,26-27,31-32,35-36,50,56-57,64H,3,9-12,14-19,22-23,47H2,(H,48,59)(H,49,60)(H,51,52,54)(H,53,58,61)/t26?,27?,31-,32?,35?,36?/m0/s1. The van der Waals surface area contributed by atoms with Crippen LogP contribution in [0.1, 0.15) is 90.2 Å². The number of carbonyl (C=O) groups is 6. The topological polar surface area (TPSA) is 306 Å². The number of fused-ring (bicyclic) bond motifs is 3. The Morgan fingerprint density at radius 2 is 1.75 bits per heavy atom. The molecule has 4 aliphatic rings. The first-order chi connectivity index (χ1) is 32.3. The van der Waals surface area contributed by atoms with Gasteiger partial charge in [0.25, 0.3) is 17.7 Å². The fourth-order valence-corrected chi connectivity index (χ4v) is 8.55. The maximum absolute atomic E-state index is 13.2. The van der Waals surface area contributed by atoms with Crippen molar-refractivity contribution in [1.82, 2.24) is 36.1 Å². The number of ether oxygens (including phenoxy) is 2.